The number of rotatable bonds is 3. The molecule has 0 radical (unpaired) electrons. The highest BCUT2D eigenvalue weighted by Crippen LogP contribution is 2.21. The summed E-state index contributed by atoms with van der Waals surface area (Å²) in [6.07, 6.45) is 1.69. The number of hydrogen-bond acceptors (Lipinski definition) is 5. The third kappa shape index (κ3) is 3.11. The molecule has 1 saturated heterocycles. The molecule has 2 N–H and O–H groups in total. The van der Waals surface area contributed by atoms with E-state index >= 15 is 0 Å². The highest BCUT2D eigenvalue weighted by Gasteiger charge is 2.35. The highest BCUT2D eigenvalue weighted by atomic mass is 32.2. The van der Waals surface area contributed by atoms with Crippen molar-refractivity contribution >= 4 is 27.5 Å². The highest BCUT2D eigenvalue weighted by molar-refractivity contribution is 8.00. The molecule has 5 nitrogen and oxygen atoms in total. The van der Waals surface area contributed by atoms with Gasteiger partial charge in [-0.3, -0.25) is 4.79 Å². The summed E-state index contributed by atoms with van der Waals surface area (Å²) in [5.74, 6) is 0.966. The maximum absolute atomic E-state index is 11.9. The predicted octanol–water partition coefficient (Wildman–Crippen LogP) is -0.330. The molecule has 1 aliphatic rings. The van der Waals surface area contributed by atoms with Crippen molar-refractivity contribution in [1.82, 2.24) is 4.90 Å². The summed E-state index contributed by atoms with van der Waals surface area (Å²) in [7, 11) is -3.23. The van der Waals surface area contributed by atoms with E-state index in [2.05, 4.69) is 0 Å². The molecule has 0 aliphatic carbocycles. The number of hydrogen-bond donors (Lipinski definition) is 1. The molecule has 94 valence electrons. The summed E-state index contributed by atoms with van der Waals surface area (Å²) in [5, 5.41) is -0.712. The van der Waals surface area contributed by atoms with E-state index in [0.29, 0.717) is 18.7 Å². The Morgan fingerprint density at radius 2 is 2.25 bits per heavy atom. The quantitative estimate of drug-likeness (QED) is 0.756. The molecule has 7 heteroatoms. The standard InChI is InChI=1S/C9H18N2O3S2/c1-3-7(10)9(12)11-4-5-15-6-8(11)16(2,13)14/h7-8H,3-6,10H2,1-2H3/t7-,8?/m0/s1. The zero-order valence-electron chi connectivity index (χ0n) is 9.55. The Morgan fingerprint density at radius 3 is 2.75 bits per heavy atom. The second-order valence-electron chi connectivity index (χ2n) is 3.91. The van der Waals surface area contributed by atoms with Gasteiger partial charge in [-0.05, 0) is 6.42 Å². The molecule has 1 amide bonds. The van der Waals surface area contributed by atoms with Crippen molar-refractivity contribution in [3.05, 3.63) is 0 Å². The lowest BCUT2D eigenvalue weighted by molar-refractivity contribution is -0.133. The van der Waals surface area contributed by atoms with Crippen LogP contribution in [0, 0.1) is 0 Å². The maximum atomic E-state index is 11.9. The Morgan fingerprint density at radius 1 is 1.62 bits per heavy atom. The Kier molecular flexibility index (Phi) is 4.63. The summed E-state index contributed by atoms with van der Waals surface area (Å²) in [5.41, 5.74) is 5.66. The van der Waals surface area contributed by atoms with Gasteiger partial charge in [0.05, 0.1) is 6.04 Å². The fourth-order valence-electron chi connectivity index (χ4n) is 1.58. The van der Waals surface area contributed by atoms with E-state index in [1.54, 1.807) is 11.8 Å². The summed E-state index contributed by atoms with van der Waals surface area (Å²) >= 11 is 1.56. The van der Waals surface area contributed by atoms with Crippen molar-refractivity contribution in [3.8, 4) is 0 Å². The number of amides is 1. The van der Waals surface area contributed by atoms with Crippen molar-refractivity contribution in [1.29, 1.82) is 0 Å². The zero-order chi connectivity index (χ0) is 12.3. The average molecular weight is 266 g/mol. The van der Waals surface area contributed by atoms with Crippen molar-refractivity contribution in [3.63, 3.8) is 0 Å². The van der Waals surface area contributed by atoms with Gasteiger partial charge in [-0.2, -0.15) is 11.8 Å². The van der Waals surface area contributed by atoms with Crippen LogP contribution in [0.5, 0.6) is 0 Å². The SMILES string of the molecule is CC[C@H](N)C(=O)N1CCSCC1S(C)(=O)=O. The molecule has 1 unspecified atom stereocenters. The molecule has 0 saturated carbocycles. The van der Waals surface area contributed by atoms with Crippen LogP contribution < -0.4 is 5.73 Å². The maximum Gasteiger partial charge on any atom is 0.240 e. The minimum absolute atomic E-state index is 0.252. The number of carbonyl (C=O) groups is 1. The molecule has 0 aromatic carbocycles. The molecular weight excluding hydrogens is 248 g/mol. The number of nitrogens with zero attached hydrogens (tertiary/aromatic N) is 1. The number of thioether (sulfide) groups is 1. The van der Waals surface area contributed by atoms with Crippen LogP contribution >= 0.6 is 11.8 Å². The van der Waals surface area contributed by atoms with Gasteiger partial charge in [-0.1, -0.05) is 6.92 Å². The molecule has 1 rings (SSSR count). The van der Waals surface area contributed by atoms with Gasteiger partial charge >= 0.3 is 0 Å². The van der Waals surface area contributed by atoms with E-state index in [4.69, 9.17) is 5.73 Å². The zero-order valence-corrected chi connectivity index (χ0v) is 11.2. The van der Waals surface area contributed by atoms with Gasteiger partial charge in [0.2, 0.25) is 5.91 Å². The third-order valence-electron chi connectivity index (χ3n) is 2.62. The molecule has 1 fully saturated rings. The fourth-order valence-corrected chi connectivity index (χ4v) is 4.40. The Labute approximate surface area is 101 Å². The first-order valence-electron chi connectivity index (χ1n) is 5.20. The molecular formula is C9H18N2O3S2. The monoisotopic (exact) mass is 266 g/mol. The smallest absolute Gasteiger partial charge is 0.240 e. The van der Waals surface area contributed by atoms with Crippen LogP contribution in [-0.2, 0) is 14.6 Å². The van der Waals surface area contributed by atoms with E-state index in [1.165, 1.54) is 11.2 Å². The fraction of sp³-hybridized carbons (Fsp3) is 0.889. The second kappa shape index (κ2) is 5.37. The van der Waals surface area contributed by atoms with Gasteiger partial charge in [-0.25, -0.2) is 8.42 Å². The Balaban J connectivity index is 2.87. The van der Waals surface area contributed by atoms with Crippen LogP contribution in [0.15, 0.2) is 0 Å². The van der Waals surface area contributed by atoms with Gasteiger partial charge in [0.25, 0.3) is 0 Å². The second-order valence-corrected chi connectivity index (χ2v) is 7.26. The van der Waals surface area contributed by atoms with Crippen molar-refractivity contribution in [2.24, 2.45) is 5.73 Å². The number of nitrogens with two attached hydrogens (primary N) is 1. The Bertz CT molecular complexity index is 356. The van der Waals surface area contributed by atoms with Gasteiger partial charge in [0, 0.05) is 24.3 Å². The van der Waals surface area contributed by atoms with Crippen molar-refractivity contribution < 1.29 is 13.2 Å². The van der Waals surface area contributed by atoms with E-state index in [-0.39, 0.29) is 5.91 Å². The average Bonchev–Trinajstić information content (AvgIpc) is 2.26. The van der Waals surface area contributed by atoms with E-state index in [0.717, 1.165) is 5.75 Å². The number of carbonyl (C=O) groups excluding carboxylic acids is 1. The van der Waals surface area contributed by atoms with Crippen LogP contribution in [0.2, 0.25) is 0 Å². The van der Waals surface area contributed by atoms with Gasteiger partial charge < -0.3 is 10.6 Å². The van der Waals surface area contributed by atoms with Crippen molar-refractivity contribution in [2.75, 3.05) is 24.3 Å². The first-order chi connectivity index (χ1) is 7.38. The van der Waals surface area contributed by atoms with Crippen LogP contribution in [0.1, 0.15) is 13.3 Å². The summed E-state index contributed by atoms with van der Waals surface area (Å²) in [6.45, 7) is 2.28. The number of sulfone groups is 1. The minimum atomic E-state index is -3.23. The van der Waals surface area contributed by atoms with Crippen LogP contribution in [0.4, 0.5) is 0 Å². The Hall–Kier alpha value is -0.270. The lowest BCUT2D eigenvalue weighted by Crippen LogP contribution is -2.54. The minimum Gasteiger partial charge on any atom is -0.323 e. The van der Waals surface area contributed by atoms with Gasteiger partial charge in [-0.15, -0.1) is 0 Å². The molecule has 1 heterocycles. The summed E-state index contributed by atoms with van der Waals surface area (Å²) in [4.78, 5) is 13.3. The van der Waals surface area contributed by atoms with Gasteiger partial charge in [0.15, 0.2) is 9.84 Å². The third-order valence-corrected chi connectivity index (χ3v) is 5.26. The first-order valence-corrected chi connectivity index (χ1v) is 8.31. The summed E-state index contributed by atoms with van der Waals surface area (Å²) in [6, 6.07) is -0.590. The molecule has 16 heavy (non-hydrogen) atoms. The predicted molar refractivity (Wildman–Crippen MR) is 65.9 cm³/mol. The molecule has 0 aromatic rings. The van der Waals surface area contributed by atoms with E-state index in [1.807, 2.05) is 6.92 Å². The normalized spacial score (nSPS) is 24.2. The van der Waals surface area contributed by atoms with Crippen LogP contribution in [0.25, 0.3) is 0 Å². The largest absolute Gasteiger partial charge is 0.323 e. The molecule has 0 spiro atoms. The first kappa shape index (κ1) is 13.8. The summed E-state index contributed by atoms with van der Waals surface area (Å²) < 4.78 is 23.1. The molecule has 0 bridgehead atoms. The lowest BCUT2D eigenvalue weighted by atomic mass is 10.2. The molecule has 0 aromatic heterocycles. The molecule has 2 atom stereocenters. The van der Waals surface area contributed by atoms with Crippen molar-refractivity contribution in [2.45, 2.75) is 24.8 Å². The van der Waals surface area contributed by atoms with E-state index in [9.17, 15) is 13.2 Å². The van der Waals surface area contributed by atoms with Gasteiger partial charge in [0.1, 0.15) is 5.37 Å². The van der Waals surface area contributed by atoms with Crippen LogP contribution in [0.3, 0.4) is 0 Å². The van der Waals surface area contributed by atoms with Crippen LogP contribution in [-0.4, -0.2) is 54.9 Å². The molecule has 1 aliphatic heterocycles. The topological polar surface area (TPSA) is 80.5 Å². The lowest BCUT2D eigenvalue weighted by Gasteiger charge is -2.35. The van der Waals surface area contributed by atoms with E-state index < -0.39 is 21.3 Å².